The zero-order valence-corrected chi connectivity index (χ0v) is 12.2. The van der Waals surface area contributed by atoms with Crippen LogP contribution >= 0.6 is 0 Å². The molecule has 1 saturated heterocycles. The zero-order chi connectivity index (χ0) is 14.5. The Morgan fingerprint density at radius 1 is 1.45 bits per heavy atom. The van der Waals surface area contributed by atoms with Crippen molar-refractivity contribution < 1.29 is 9.13 Å². The molecule has 0 bridgehead atoms. The molecule has 0 atom stereocenters. The first-order valence-electron chi connectivity index (χ1n) is 6.60. The molecule has 1 N–H and O–H groups in total. The first-order valence-corrected chi connectivity index (χ1v) is 8.09. The van der Waals surface area contributed by atoms with Gasteiger partial charge in [-0.3, -0.25) is 14.3 Å². The van der Waals surface area contributed by atoms with E-state index in [2.05, 4.69) is 10.3 Å². The van der Waals surface area contributed by atoms with E-state index in [1.165, 1.54) is 12.1 Å². The van der Waals surface area contributed by atoms with Crippen LogP contribution in [0.15, 0.2) is 12.1 Å². The second kappa shape index (κ2) is 6.65. The van der Waals surface area contributed by atoms with Crippen LogP contribution in [0.25, 0.3) is 0 Å². The lowest BCUT2D eigenvalue weighted by Gasteiger charge is -2.27. The Labute approximate surface area is 120 Å². The molecule has 8 heteroatoms. The summed E-state index contributed by atoms with van der Waals surface area (Å²) in [6.45, 7) is 3.98. The number of nitrogens with one attached hydrogen (secondary N) is 1. The van der Waals surface area contributed by atoms with Gasteiger partial charge in [-0.1, -0.05) is 6.92 Å². The minimum atomic E-state index is -0.778. The fraction of sp³-hybridized carbons (Fsp3) is 0.583. The topological polar surface area (TPSA) is 88.4 Å². The van der Waals surface area contributed by atoms with Crippen LogP contribution in [-0.2, 0) is 10.8 Å². The molecular formula is C12H18N4O3S. The van der Waals surface area contributed by atoms with Gasteiger partial charge >= 0.3 is 0 Å². The fourth-order valence-electron chi connectivity index (χ4n) is 1.98. The van der Waals surface area contributed by atoms with Crippen molar-refractivity contribution in [1.29, 1.82) is 0 Å². The highest BCUT2D eigenvalue weighted by atomic mass is 32.2. The minimum Gasteiger partial charge on any atom is -0.370 e. The Hall–Kier alpha value is -1.70. The number of hydrogen-bond acceptors (Lipinski definition) is 6. The van der Waals surface area contributed by atoms with Crippen molar-refractivity contribution in [2.45, 2.75) is 13.3 Å². The highest BCUT2D eigenvalue weighted by Gasteiger charge is 2.20. The van der Waals surface area contributed by atoms with Crippen molar-refractivity contribution in [3.05, 3.63) is 22.2 Å². The molecule has 110 valence electrons. The van der Waals surface area contributed by atoms with Crippen molar-refractivity contribution in [2.24, 2.45) is 0 Å². The van der Waals surface area contributed by atoms with Crippen LogP contribution in [0, 0.1) is 10.1 Å². The largest absolute Gasteiger partial charge is 0.370 e. The van der Waals surface area contributed by atoms with E-state index in [0.717, 1.165) is 13.0 Å². The van der Waals surface area contributed by atoms with Gasteiger partial charge in [0.15, 0.2) is 0 Å². The summed E-state index contributed by atoms with van der Waals surface area (Å²) in [6, 6.07) is 2.92. The van der Waals surface area contributed by atoms with Crippen molar-refractivity contribution >= 4 is 28.1 Å². The molecule has 0 amide bonds. The third-order valence-electron chi connectivity index (χ3n) is 3.07. The Morgan fingerprint density at radius 3 is 2.75 bits per heavy atom. The van der Waals surface area contributed by atoms with Gasteiger partial charge in [-0.2, -0.15) is 0 Å². The standard InChI is InChI=1S/C12H18N4O3S/c1-2-3-13-11-8-10(16(17)18)9-12(14-11)15-4-6-20(19)7-5-15/h8-9H,2-7H2,1H3,(H,13,14). The summed E-state index contributed by atoms with van der Waals surface area (Å²) < 4.78 is 11.4. The number of nitro groups is 1. The first kappa shape index (κ1) is 14.7. The molecule has 0 radical (unpaired) electrons. The molecule has 1 aliphatic heterocycles. The molecule has 2 rings (SSSR count). The highest BCUT2D eigenvalue weighted by Crippen LogP contribution is 2.24. The molecule has 1 fully saturated rings. The minimum absolute atomic E-state index is 0.0281. The summed E-state index contributed by atoms with van der Waals surface area (Å²) >= 11 is 0. The lowest BCUT2D eigenvalue weighted by atomic mass is 10.3. The summed E-state index contributed by atoms with van der Waals surface area (Å²) in [4.78, 5) is 16.9. The van der Waals surface area contributed by atoms with E-state index in [9.17, 15) is 14.3 Å². The van der Waals surface area contributed by atoms with Crippen LogP contribution in [0.4, 0.5) is 17.3 Å². The van der Waals surface area contributed by atoms with Crippen LogP contribution in [0.2, 0.25) is 0 Å². The molecule has 1 aromatic rings. The number of rotatable bonds is 5. The predicted octanol–water partition coefficient (Wildman–Crippen LogP) is 1.38. The number of pyridine rings is 1. The van der Waals surface area contributed by atoms with Crippen LogP contribution < -0.4 is 10.2 Å². The predicted molar refractivity (Wildman–Crippen MR) is 79.8 cm³/mol. The third kappa shape index (κ3) is 3.66. The van der Waals surface area contributed by atoms with E-state index in [0.29, 0.717) is 36.2 Å². The van der Waals surface area contributed by atoms with Gasteiger partial charge < -0.3 is 10.2 Å². The smallest absolute Gasteiger partial charge is 0.276 e. The maximum absolute atomic E-state index is 11.4. The molecule has 0 saturated carbocycles. The summed E-state index contributed by atoms with van der Waals surface area (Å²) in [5.74, 6) is 2.27. The third-order valence-corrected chi connectivity index (χ3v) is 4.34. The number of aromatic nitrogens is 1. The normalized spacial score (nSPS) is 16.1. The van der Waals surface area contributed by atoms with Crippen LogP contribution in [0.3, 0.4) is 0 Å². The molecule has 2 heterocycles. The van der Waals surface area contributed by atoms with Crippen LogP contribution in [0.5, 0.6) is 0 Å². The zero-order valence-electron chi connectivity index (χ0n) is 11.4. The second-order valence-electron chi connectivity index (χ2n) is 4.59. The fourth-order valence-corrected chi connectivity index (χ4v) is 3.03. The van der Waals surface area contributed by atoms with Gasteiger partial charge in [0.1, 0.15) is 11.6 Å². The Bertz CT molecular complexity index is 513. The monoisotopic (exact) mass is 298 g/mol. The van der Waals surface area contributed by atoms with E-state index in [-0.39, 0.29) is 5.69 Å². The molecule has 0 unspecified atom stereocenters. The number of hydrogen-bond donors (Lipinski definition) is 1. The van der Waals surface area contributed by atoms with Crippen molar-refractivity contribution in [2.75, 3.05) is 41.4 Å². The number of nitrogens with zero attached hydrogens (tertiary/aromatic N) is 3. The van der Waals surface area contributed by atoms with E-state index in [1.807, 2.05) is 11.8 Å². The lowest BCUT2D eigenvalue weighted by Crippen LogP contribution is -2.38. The SMILES string of the molecule is CCCNc1cc([N+](=O)[O-])cc(N2CCS(=O)CC2)n1. The van der Waals surface area contributed by atoms with Gasteiger partial charge in [0.05, 0.1) is 17.1 Å². The molecule has 20 heavy (non-hydrogen) atoms. The number of anilines is 2. The van der Waals surface area contributed by atoms with E-state index in [1.54, 1.807) is 0 Å². The Balaban J connectivity index is 2.24. The van der Waals surface area contributed by atoms with Crippen LogP contribution in [0.1, 0.15) is 13.3 Å². The molecule has 1 aliphatic rings. The van der Waals surface area contributed by atoms with Crippen molar-refractivity contribution in [3.8, 4) is 0 Å². The maximum atomic E-state index is 11.4. The van der Waals surface area contributed by atoms with Gasteiger partial charge in [-0.15, -0.1) is 0 Å². The van der Waals surface area contributed by atoms with E-state index in [4.69, 9.17) is 0 Å². The molecule has 0 aliphatic carbocycles. The summed E-state index contributed by atoms with van der Waals surface area (Å²) in [6.07, 6.45) is 0.919. The van der Waals surface area contributed by atoms with Gasteiger partial charge in [0, 0.05) is 41.9 Å². The molecule has 7 nitrogen and oxygen atoms in total. The van der Waals surface area contributed by atoms with Crippen LogP contribution in [-0.4, -0.2) is 45.3 Å². The van der Waals surface area contributed by atoms with Crippen molar-refractivity contribution in [1.82, 2.24) is 4.98 Å². The van der Waals surface area contributed by atoms with Gasteiger partial charge in [-0.25, -0.2) is 4.98 Å². The summed E-state index contributed by atoms with van der Waals surface area (Å²) in [7, 11) is -0.778. The van der Waals surface area contributed by atoms with Gasteiger partial charge in [0.25, 0.3) is 5.69 Å². The molecular weight excluding hydrogens is 280 g/mol. The molecule has 0 spiro atoms. The van der Waals surface area contributed by atoms with Gasteiger partial charge in [0.2, 0.25) is 0 Å². The summed E-state index contributed by atoms with van der Waals surface area (Å²) in [5.41, 5.74) is 0.0281. The quantitative estimate of drug-likeness (QED) is 0.652. The van der Waals surface area contributed by atoms with Gasteiger partial charge in [-0.05, 0) is 6.42 Å². The molecule has 1 aromatic heterocycles. The van der Waals surface area contributed by atoms with E-state index >= 15 is 0 Å². The van der Waals surface area contributed by atoms with E-state index < -0.39 is 15.7 Å². The lowest BCUT2D eigenvalue weighted by molar-refractivity contribution is -0.384. The Morgan fingerprint density at radius 2 is 2.15 bits per heavy atom. The van der Waals surface area contributed by atoms with Crippen molar-refractivity contribution in [3.63, 3.8) is 0 Å². The summed E-state index contributed by atoms with van der Waals surface area (Å²) in [5, 5.41) is 14.1. The maximum Gasteiger partial charge on any atom is 0.276 e. The molecule has 0 aromatic carbocycles. The first-order chi connectivity index (χ1) is 9.60. The average Bonchev–Trinajstić information content (AvgIpc) is 2.45. The Kier molecular flexibility index (Phi) is 4.89. The average molecular weight is 298 g/mol. The highest BCUT2D eigenvalue weighted by molar-refractivity contribution is 7.85. The second-order valence-corrected chi connectivity index (χ2v) is 6.28.